The highest BCUT2D eigenvalue weighted by Gasteiger charge is 2.33. The van der Waals surface area contributed by atoms with Gasteiger partial charge in [-0.25, -0.2) is 9.18 Å². The molecule has 1 amide bonds. The van der Waals surface area contributed by atoms with Crippen LogP contribution in [0.2, 0.25) is 0 Å². The van der Waals surface area contributed by atoms with Gasteiger partial charge in [-0.15, -0.1) is 0 Å². The number of carbonyl (C=O) groups excluding carboxylic acids is 1. The zero-order chi connectivity index (χ0) is 15.7. The van der Waals surface area contributed by atoms with Crippen molar-refractivity contribution in [3.8, 4) is 0 Å². The lowest BCUT2D eigenvalue weighted by molar-refractivity contribution is -0.141. The first-order chi connectivity index (χ1) is 9.05. The number of likely N-dealkylation sites (N-methyl/N-ethyl adjacent to an activating group) is 1. The van der Waals surface area contributed by atoms with Gasteiger partial charge in [-0.05, 0) is 25.1 Å². The highest BCUT2D eigenvalue weighted by atomic mass is 19.4. The van der Waals surface area contributed by atoms with Crippen LogP contribution in [0.15, 0.2) is 18.2 Å². The van der Waals surface area contributed by atoms with E-state index < -0.39 is 41.0 Å². The Morgan fingerprint density at radius 2 is 1.85 bits per heavy atom. The molecule has 4 nitrogen and oxygen atoms in total. The molecule has 0 saturated heterocycles. The predicted molar refractivity (Wildman–Crippen MR) is 60.6 cm³/mol. The molecule has 8 heteroatoms. The fourth-order valence-corrected chi connectivity index (χ4v) is 1.40. The molecule has 0 heterocycles. The van der Waals surface area contributed by atoms with E-state index in [9.17, 15) is 27.2 Å². The van der Waals surface area contributed by atoms with Crippen molar-refractivity contribution >= 4 is 11.9 Å². The molecular formula is C12H11F4NO3. The molecule has 1 N–H and O–H groups in total. The second-order valence-corrected chi connectivity index (χ2v) is 4.12. The minimum Gasteiger partial charge on any atom is -0.480 e. The fraction of sp³-hybridized carbons (Fsp3) is 0.333. The summed E-state index contributed by atoms with van der Waals surface area (Å²) >= 11 is 0. The number of nitrogens with zero attached hydrogens (tertiary/aromatic N) is 1. The number of aliphatic carboxylic acids is 1. The summed E-state index contributed by atoms with van der Waals surface area (Å²) in [5.74, 6) is -3.64. The van der Waals surface area contributed by atoms with Gasteiger partial charge in [-0.3, -0.25) is 4.79 Å². The van der Waals surface area contributed by atoms with E-state index in [1.165, 1.54) is 0 Å². The van der Waals surface area contributed by atoms with Crippen molar-refractivity contribution < 1.29 is 32.3 Å². The van der Waals surface area contributed by atoms with E-state index in [2.05, 4.69) is 0 Å². The van der Waals surface area contributed by atoms with Crippen LogP contribution in [0.1, 0.15) is 22.8 Å². The Morgan fingerprint density at radius 1 is 1.30 bits per heavy atom. The van der Waals surface area contributed by atoms with E-state index >= 15 is 0 Å². The van der Waals surface area contributed by atoms with Gasteiger partial charge in [0.05, 0.1) is 11.1 Å². The molecule has 0 fully saturated rings. The number of rotatable bonds is 3. The first kappa shape index (κ1) is 15.9. The lowest BCUT2D eigenvalue weighted by atomic mass is 10.1. The number of hydrogen-bond donors (Lipinski definition) is 1. The monoisotopic (exact) mass is 293 g/mol. The van der Waals surface area contributed by atoms with E-state index in [1.54, 1.807) is 0 Å². The van der Waals surface area contributed by atoms with Crippen LogP contribution in [-0.2, 0) is 11.0 Å². The molecule has 0 bridgehead atoms. The number of carboxylic acids is 1. The SMILES string of the molecule is CC(C(=O)O)N(C)C(=O)c1cc(C(F)(F)F)ccc1F. The zero-order valence-corrected chi connectivity index (χ0v) is 10.5. The van der Waals surface area contributed by atoms with Crippen molar-refractivity contribution in [2.24, 2.45) is 0 Å². The molecule has 0 aliphatic heterocycles. The van der Waals surface area contributed by atoms with Crippen molar-refractivity contribution in [2.45, 2.75) is 19.1 Å². The quantitative estimate of drug-likeness (QED) is 0.871. The van der Waals surface area contributed by atoms with E-state index in [-0.39, 0.29) is 0 Å². The number of halogens is 4. The maximum absolute atomic E-state index is 13.5. The summed E-state index contributed by atoms with van der Waals surface area (Å²) in [5.41, 5.74) is -2.01. The van der Waals surface area contributed by atoms with Crippen LogP contribution in [0, 0.1) is 5.82 Å². The van der Waals surface area contributed by atoms with Crippen LogP contribution in [-0.4, -0.2) is 35.0 Å². The Balaban J connectivity index is 3.19. The van der Waals surface area contributed by atoms with Crippen LogP contribution in [0.4, 0.5) is 17.6 Å². The van der Waals surface area contributed by atoms with Crippen LogP contribution >= 0.6 is 0 Å². The molecule has 110 valence electrons. The van der Waals surface area contributed by atoms with E-state index in [1.807, 2.05) is 0 Å². The van der Waals surface area contributed by atoms with Crippen molar-refractivity contribution in [1.29, 1.82) is 0 Å². The molecule has 0 aliphatic carbocycles. The number of carboxylic acid groups (broad SMARTS) is 1. The van der Waals surface area contributed by atoms with Crippen LogP contribution in [0.25, 0.3) is 0 Å². The second-order valence-electron chi connectivity index (χ2n) is 4.12. The van der Waals surface area contributed by atoms with Crippen LogP contribution in [0.3, 0.4) is 0 Å². The van der Waals surface area contributed by atoms with Crippen molar-refractivity contribution in [1.82, 2.24) is 4.90 Å². The van der Waals surface area contributed by atoms with Gasteiger partial charge in [-0.2, -0.15) is 13.2 Å². The molecule has 20 heavy (non-hydrogen) atoms. The molecule has 1 rings (SSSR count). The number of alkyl halides is 3. The first-order valence-corrected chi connectivity index (χ1v) is 5.42. The van der Waals surface area contributed by atoms with Gasteiger partial charge in [0.1, 0.15) is 11.9 Å². The maximum atomic E-state index is 13.5. The summed E-state index contributed by atoms with van der Waals surface area (Å²) in [7, 11) is 1.07. The maximum Gasteiger partial charge on any atom is 0.416 e. The minimum absolute atomic E-state index is 0.364. The number of benzene rings is 1. The molecular weight excluding hydrogens is 282 g/mol. The molecule has 0 saturated carbocycles. The molecule has 0 aliphatic rings. The fourth-order valence-electron chi connectivity index (χ4n) is 1.40. The summed E-state index contributed by atoms with van der Waals surface area (Å²) in [6.45, 7) is 1.16. The Morgan fingerprint density at radius 3 is 2.30 bits per heavy atom. The minimum atomic E-state index is -4.72. The Labute approximate surface area is 111 Å². The van der Waals surface area contributed by atoms with Gasteiger partial charge in [0, 0.05) is 7.05 Å². The normalized spacial score (nSPS) is 12.9. The first-order valence-electron chi connectivity index (χ1n) is 5.42. The lowest BCUT2D eigenvalue weighted by Gasteiger charge is -2.22. The number of carbonyl (C=O) groups is 2. The van der Waals surface area contributed by atoms with E-state index in [0.717, 1.165) is 14.0 Å². The van der Waals surface area contributed by atoms with Crippen molar-refractivity contribution in [2.75, 3.05) is 7.05 Å². The van der Waals surface area contributed by atoms with E-state index in [0.29, 0.717) is 23.1 Å². The lowest BCUT2D eigenvalue weighted by Crippen LogP contribution is -2.40. The largest absolute Gasteiger partial charge is 0.480 e. The molecule has 1 atom stereocenters. The number of amides is 1. The average molecular weight is 293 g/mol. The van der Waals surface area contributed by atoms with Gasteiger partial charge in [0.2, 0.25) is 0 Å². The third-order valence-electron chi connectivity index (χ3n) is 2.78. The standard InChI is InChI=1S/C12H11F4NO3/c1-6(11(19)20)17(2)10(18)8-5-7(12(14,15)16)3-4-9(8)13/h3-6H,1-2H3,(H,19,20). The smallest absolute Gasteiger partial charge is 0.416 e. The Bertz CT molecular complexity index is 542. The summed E-state index contributed by atoms with van der Waals surface area (Å²) in [4.78, 5) is 23.2. The van der Waals surface area contributed by atoms with Gasteiger partial charge in [0.15, 0.2) is 0 Å². The van der Waals surface area contributed by atoms with Gasteiger partial charge < -0.3 is 10.0 Å². The van der Waals surface area contributed by atoms with E-state index in [4.69, 9.17) is 5.11 Å². The molecule has 0 aromatic heterocycles. The molecule has 1 aromatic carbocycles. The predicted octanol–water partition coefficient (Wildman–Crippen LogP) is 2.39. The molecule has 0 radical (unpaired) electrons. The Hall–Kier alpha value is -2.12. The zero-order valence-electron chi connectivity index (χ0n) is 10.5. The van der Waals surface area contributed by atoms with Gasteiger partial charge >= 0.3 is 12.1 Å². The summed E-state index contributed by atoms with van der Waals surface area (Å²) in [5, 5.41) is 8.73. The van der Waals surface area contributed by atoms with Crippen LogP contribution in [0.5, 0.6) is 0 Å². The molecule has 1 unspecified atom stereocenters. The summed E-state index contributed by atoms with van der Waals surface area (Å²) in [6, 6.07) is 0.0987. The van der Waals surface area contributed by atoms with Gasteiger partial charge in [-0.1, -0.05) is 0 Å². The highest BCUT2D eigenvalue weighted by Crippen LogP contribution is 2.30. The Kier molecular flexibility index (Phi) is 4.36. The number of hydrogen-bond acceptors (Lipinski definition) is 2. The average Bonchev–Trinajstić information content (AvgIpc) is 2.35. The van der Waals surface area contributed by atoms with Crippen molar-refractivity contribution in [3.63, 3.8) is 0 Å². The van der Waals surface area contributed by atoms with Crippen molar-refractivity contribution in [3.05, 3.63) is 35.1 Å². The third kappa shape index (κ3) is 3.25. The highest BCUT2D eigenvalue weighted by molar-refractivity contribution is 5.96. The molecule has 1 aromatic rings. The summed E-state index contributed by atoms with van der Waals surface area (Å²) in [6.07, 6.45) is -4.72. The van der Waals surface area contributed by atoms with Crippen LogP contribution < -0.4 is 0 Å². The van der Waals surface area contributed by atoms with Gasteiger partial charge in [0.25, 0.3) is 5.91 Å². The second kappa shape index (κ2) is 5.48. The molecule has 0 spiro atoms. The topological polar surface area (TPSA) is 57.6 Å². The third-order valence-corrected chi connectivity index (χ3v) is 2.78. The summed E-state index contributed by atoms with van der Waals surface area (Å²) < 4.78 is 51.0.